The fraction of sp³-hybridized carbons (Fsp3) is 0.625. The Morgan fingerprint density at radius 2 is 1.47 bits per heavy atom. The lowest BCUT2D eigenvalue weighted by Crippen LogP contribution is -2.50. The molecule has 2 N–H and O–H groups in total. The van der Waals surface area contributed by atoms with E-state index in [1.165, 1.54) is 12.1 Å². The van der Waals surface area contributed by atoms with Crippen molar-refractivity contribution >= 4 is 0 Å². The first kappa shape index (κ1) is 14.4. The normalized spacial score (nSPS) is 24.2. The van der Waals surface area contributed by atoms with Gasteiger partial charge < -0.3 is 5.73 Å². The maximum absolute atomic E-state index is 14.1. The van der Waals surface area contributed by atoms with E-state index in [1.54, 1.807) is 0 Å². The number of rotatable bonds is 1. The van der Waals surface area contributed by atoms with Crippen molar-refractivity contribution in [2.75, 3.05) is 0 Å². The van der Waals surface area contributed by atoms with E-state index in [-0.39, 0.29) is 10.8 Å². The zero-order valence-electron chi connectivity index (χ0n) is 12.2. The van der Waals surface area contributed by atoms with Gasteiger partial charge in [0.25, 0.3) is 0 Å². The van der Waals surface area contributed by atoms with Crippen LogP contribution in [0.2, 0.25) is 0 Å². The third kappa shape index (κ3) is 2.97. The third-order valence-electron chi connectivity index (χ3n) is 4.01. The summed E-state index contributed by atoms with van der Waals surface area (Å²) >= 11 is 0. The minimum absolute atomic E-state index is 0.0529. The molecule has 1 aromatic rings. The molecule has 1 aliphatic rings. The van der Waals surface area contributed by atoms with Gasteiger partial charge in [0.05, 0.1) is 0 Å². The molecule has 0 heterocycles. The van der Waals surface area contributed by atoms with Crippen molar-refractivity contribution in [2.45, 2.75) is 52.5 Å². The smallest absolute Gasteiger partial charge is 0.131 e. The molecule has 1 nitrogen and oxygen atoms in total. The van der Waals surface area contributed by atoms with E-state index < -0.39 is 17.2 Å². The summed E-state index contributed by atoms with van der Waals surface area (Å²) in [6.07, 6.45) is 2.49. The Balaban J connectivity index is 2.46. The maximum atomic E-state index is 14.1. The van der Waals surface area contributed by atoms with Crippen LogP contribution in [0, 0.1) is 22.5 Å². The van der Waals surface area contributed by atoms with E-state index in [2.05, 4.69) is 27.7 Å². The lowest BCUT2D eigenvalue weighted by Gasteiger charge is -2.50. The Hall–Kier alpha value is -0.960. The number of hydrogen-bond acceptors (Lipinski definition) is 1. The Bertz CT molecular complexity index is 476. The van der Waals surface area contributed by atoms with Crippen LogP contribution >= 0.6 is 0 Å². The van der Waals surface area contributed by atoms with Crippen LogP contribution in [0.25, 0.3) is 0 Å². The van der Waals surface area contributed by atoms with Gasteiger partial charge in [-0.25, -0.2) is 8.78 Å². The molecule has 106 valence electrons. The first-order chi connectivity index (χ1) is 8.53. The molecule has 0 amide bonds. The van der Waals surface area contributed by atoms with E-state index in [0.717, 1.165) is 12.5 Å². The van der Waals surface area contributed by atoms with Gasteiger partial charge in [-0.05, 0) is 36.2 Å². The van der Waals surface area contributed by atoms with Gasteiger partial charge >= 0.3 is 0 Å². The highest BCUT2D eigenvalue weighted by Crippen LogP contribution is 2.53. The summed E-state index contributed by atoms with van der Waals surface area (Å²) < 4.78 is 27.1. The molecule has 1 aliphatic carbocycles. The van der Waals surface area contributed by atoms with Crippen LogP contribution in [0.5, 0.6) is 0 Å². The van der Waals surface area contributed by atoms with Crippen molar-refractivity contribution in [3.63, 3.8) is 0 Å². The van der Waals surface area contributed by atoms with Gasteiger partial charge in [-0.1, -0.05) is 33.8 Å². The quantitative estimate of drug-likeness (QED) is 0.804. The molecule has 2 rings (SSSR count). The van der Waals surface area contributed by atoms with Gasteiger partial charge in [0.1, 0.15) is 11.6 Å². The maximum Gasteiger partial charge on any atom is 0.131 e. The highest BCUT2D eigenvalue weighted by molar-refractivity contribution is 5.28. The van der Waals surface area contributed by atoms with Crippen molar-refractivity contribution in [1.29, 1.82) is 0 Å². The predicted molar refractivity (Wildman–Crippen MR) is 73.6 cm³/mol. The molecule has 0 aliphatic heterocycles. The fourth-order valence-electron chi connectivity index (χ4n) is 4.27. The van der Waals surface area contributed by atoms with Crippen molar-refractivity contribution in [2.24, 2.45) is 16.6 Å². The molecule has 1 fully saturated rings. The predicted octanol–water partition coefficient (Wildman–Crippen LogP) is 4.36. The molecule has 0 unspecified atom stereocenters. The average Bonchev–Trinajstić information content (AvgIpc) is 2.09. The number of halogens is 2. The Labute approximate surface area is 114 Å². The largest absolute Gasteiger partial charge is 0.321 e. The summed E-state index contributed by atoms with van der Waals surface area (Å²) in [6.45, 7) is 8.65. The monoisotopic (exact) mass is 267 g/mol. The molecule has 0 aromatic heterocycles. The Kier molecular flexibility index (Phi) is 3.25. The molecule has 0 spiro atoms. The van der Waals surface area contributed by atoms with E-state index in [4.69, 9.17) is 5.73 Å². The molecule has 19 heavy (non-hydrogen) atoms. The standard InChI is InChI=1S/C16H23F2N/c1-14(2)8-15(3,4)10-16(19,9-14)12-6-5-11(17)7-13(12)18/h5-7H,8-10,19H2,1-4H3. The average molecular weight is 267 g/mol. The van der Waals surface area contributed by atoms with Crippen LogP contribution in [0.4, 0.5) is 8.78 Å². The molecular formula is C16H23F2N. The van der Waals surface area contributed by atoms with Gasteiger partial charge in [-0.2, -0.15) is 0 Å². The summed E-state index contributed by atoms with van der Waals surface area (Å²) in [5, 5.41) is 0. The van der Waals surface area contributed by atoms with Gasteiger partial charge in [-0.15, -0.1) is 0 Å². The SMILES string of the molecule is CC1(C)CC(C)(C)CC(N)(c2ccc(F)cc2F)C1. The van der Waals surface area contributed by atoms with Crippen LogP contribution < -0.4 is 5.73 Å². The zero-order chi connectivity index (χ0) is 14.5. The highest BCUT2D eigenvalue weighted by atomic mass is 19.1. The number of nitrogens with two attached hydrogens (primary N) is 1. The molecule has 0 bridgehead atoms. The second-order valence-electron chi connectivity index (χ2n) is 7.64. The van der Waals surface area contributed by atoms with Crippen molar-refractivity contribution in [1.82, 2.24) is 0 Å². The van der Waals surface area contributed by atoms with E-state index in [1.807, 2.05) is 0 Å². The Morgan fingerprint density at radius 3 is 1.95 bits per heavy atom. The molecule has 0 atom stereocenters. The molecule has 3 heteroatoms. The Morgan fingerprint density at radius 1 is 0.947 bits per heavy atom. The lowest BCUT2D eigenvalue weighted by molar-refractivity contribution is 0.0453. The van der Waals surface area contributed by atoms with E-state index in [9.17, 15) is 8.78 Å². The van der Waals surface area contributed by atoms with Crippen molar-refractivity contribution < 1.29 is 8.78 Å². The van der Waals surface area contributed by atoms with E-state index in [0.29, 0.717) is 18.4 Å². The second-order valence-corrected chi connectivity index (χ2v) is 7.64. The molecule has 1 saturated carbocycles. The molecular weight excluding hydrogens is 244 g/mol. The summed E-state index contributed by atoms with van der Waals surface area (Å²) in [7, 11) is 0. The van der Waals surface area contributed by atoms with Gasteiger partial charge in [-0.3, -0.25) is 0 Å². The van der Waals surface area contributed by atoms with Crippen LogP contribution in [0.3, 0.4) is 0 Å². The van der Waals surface area contributed by atoms with Crippen LogP contribution in [0.1, 0.15) is 52.5 Å². The van der Waals surface area contributed by atoms with E-state index >= 15 is 0 Å². The van der Waals surface area contributed by atoms with Crippen molar-refractivity contribution in [3.05, 3.63) is 35.4 Å². The van der Waals surface area contributed by atoms with Gasteiger partial charge in [0.2, 0.25) is 0 Å². The first-order valence-electron chi connectivity index (χ1n) is 6.78. The summed E-state index contributed by atoms with van der Waals surface area (Å²) in [6, 6.07) is 3.72. The van der Waals surface area contributed by atoms with Gasteiger partial charge in [0, 0.05) is 17.2 Å². The minimum Gasteiger partial charge on any atom is -0.321 e. The summed E-state index contributed by atoms with van der Waals surface area (Å²) in [4.78, 5) is 0. The second kappa shape index (κ2) is 4.27. The summed E-state index contributed by atoms with van der Waals surface area (Å²) in [5.41, 5.74) is 6.35. The zero-order valence-corrected chi connectivity index (χ0v) is 12.2. The fourth-order valence-corrected chi connectivity index (χ4v) is 4.27. The number of benzene rings is 1. The highest BCUT2D eigenvalue weighted by Gasteiger charge is 2.47. The number of hydrogen-bond donors (Lipinski definition) is 1. The van der Waals surface area contributed by atoms with Crippen LogP contribution in [-0.4, -0.2) is 0 Å². The van der Waals surface area contributed by atoms with Crippen molar-refractivity contribution in [3.8, 4) is 0 Å². The molecule has 0 saturated heterocycles. The molecule has 0 radical (unpaired) electrons. The van der Waals surface area contributed by atoms with Crippen LogP contribution in [0.15, 0.2) is 18.2 Å². The first-order valence-corrected chi connectivity index (χ1v) is 6.78. The topological polar surface area (TPSA) is 26.0 Å². The van der Waals surface area contributed by atoms with Gasteiger partial charge in [0.15, 0.2) is 0 Å². The third-order valence-corrected chi connectivity index (χ3v) is 4.01. The molecule has 1 aromatic carbocycles. The van der Waals surface area contributed by atoms with Crippen LogP contribution in [-0.2, 0) is 5.54 Å². The minimum atomic E-state index is -0.719. The summed E-state index contributed by atoms with van der Waals surface area (Å²) in [5.74, 6) is -1.09. The lowest BCUT2D eigenvalue weighted by atomic mass is 9.57.